The number of aromatic amines is 1. The number of thiophene rings is 1. The van der Waals surface area contributed by atoms with Gasteiger partial charge in [0.05, 0.1) is 4.88 Å². The SMILES string of the molecule is CC(=O)c1c(C)[nH]c(C(=O)NNC(=O)c2cc3c(s2)CCC(C(C)(C)C)C3)c1C. The second-order valence-corrected chi connectivity index (χ2v) is 10.1. The number of aryl methyl sites for hydroxylation is 2. The second-order valence-electron chi connectivity index (χ2n) is 8.95. The highest BCUT2D eigenvalue weighted by Crippen LogP contribution is 2.40. The monoisotopic (exact) mass is 415 g/mol. The van der Waals surface area contributed by atoms with Gasteiger partial charge in [0.25, 0.3) is 11.8 Å². The van der Waals surface area contributed by atoms with Crippen LogP contribution >= 0.6 is 11.3 Å². The van der Waals surface area contributed by atoms with Crippen molar-refractivity contribution in [2.75, 3.05) is 0 Å². The number of rotatable bonds is 3. The van der Waals surface area contributed by atoms with E-state index in [4.69, 9.17) is 0 Å². The fourth-order valence-electron chi connectivity index (χ4n) is 4.12. The minimum absolute atomic E-state index is 0.0999. The number of aromatic nitrogens is 1. The first kappa shape index (κ1) is 21.3. The van der Waals surface area contributed by atoms with Crippen molar-refractivity contribution < 1.29 is 14.4 Å². The van der Waals surface area contributed by atoms with Crippen LogP contribution in [0.1, 0.15) is 86.3 Å². The van der Waals surface area contributed by atoms with Crippen LogP contribution in [0.3, 0.4) is 0 Å². The van der Waals surface area contributed by atoms with Crippen molar-refractivity contribution in [1.82, 2.24) is 15.8 Å². The number of fused-ring (bicyclic) bond motifs is 1. The van der Waals surface area contributed by atoms with Gasteiger partial charge in [0.15, 0.2) is 5.78 Å². The Morgan fingerprint density at radius 3 is 2.38 bits per heavy atom. The van der Waals surface area contributed by atoms with Crippen molar-refractivity contribution in [2.45, 2.75) is 60.8 Å². The molecule has 3 N–H and O–H groups in total. The van der Waals surface area contributed by atoms with E-state index in [1.165, 1.54) is 28.7 Å². The summed E-state index contributed by atoms with van der Waals surface area (Å²) in [6.07, 6.45) is 3.12. The summed E-state index contributed by atoms with van der Waals surface area (Å²) in [5, 5.41) is 0. The molecule has 6 nitrogen and oxygen atoms in total. The van der Waals surface area contributed by atoms with E-state index >= 15 is 0 Å². The number of nitrogens with one attached hydrogen (secondary N) is 3. The number of Topliss-reactive ketones (excluding diaryl/α,β-unsaturated/α-hetero) is 1. The molecule has 2 amide bonds. The van der Waals surface area contributed by atoms with Gasteiger partial charge in [-0.15, -0.1) is 11.3 Å². The number of hydrogen-bond acceptors (Lipinski definition) is 4. The van der Waals surface area contributed by atoms with Crippen LogP contribution in [0.25, 0.3) is 0 Å². The van der Waals surface area contributed by atoms with Crippen molar-refractivity contribution >= 4 is 28.9 Å². The van der Waals surface area contributed by atoms with Crippen molar-refractivity contribution in [2.24, 2.45) is 11.3 Å². The summed E-state index contributed by atoms with van der Waals surface area (Å²) in [7, 11) is 0. The van der Waals surface area contributed by atoms with Crippen LogP contribution in [0.2, 0.25) is 0 Å². The quantitative estimate of drug-likeness (QED) is 0.520. The third-order valence-electron chi connectivity index (χ3n) is 5.84. The summed E-state index contributed by atoms with van der Waals surface area (Å²) in [6.45, 7) is 11.7. The molecule has 156 valence electrons. The minimum Gasteiger partial charge on any atom is -0.354 e. The first-order valence-corrected chi connectivity index (χ1v) is 10.7. The molecule has 0 aliphatic heterocycles. The van der Waals surface area contributed by atoms with E-state index in [0.717, 1.165) is 19.3 Å². The Bertz CT molecular complexity index is 978. The van der Waals surface area contributed by atoms with Gasteiger partial charge in [0, 0.05) is 16.1 Å². The molecular weight excluding hydrogens is 386 g/mol. The zero-order chi connectivity index (χ0) is 21.5. The number of hydrogen-bond donors (Lipinski definition) is 3. The lowest BCUT2D eigenvalue weighted by Crippen LogP contribution is -2.41. The first-order chi connectivity index (χ1) is 13.5. The van der Waals surface area contributed by atoms with Crippen LogP contribution in [-0.2, 0) is 12.8 Å². The molecule has 2 heterocycles. The van der Waals surface area contributed by atoms with Gasteiger partial charge in [-0.05, 0) is 68.6 Å². The predicted octanol–water partition coefficient (Wildman–Crippen LogP) is 4.12. The van der Waals surface area contributed by atoms with Crippen molar-refractivity contribution in [3.63, 3.8) is 0 Å². The van der Waals surface area contributed by atoms with Crippen LogP contribution in [-0.4, -0.2) is 22.6 Å². The van der Waals surface area contributed by atoms with Crippen LogP contribution in [0.4, 0.5) is 0 Å². The number of carbonyl (C=O) groups excluding carboxylic acids is 3. The average molecular weight is 416 g/mol. The van der Waals surface area contributed by atoms with Gasteiger partial charge in [-0.2, -0.15) is 0 Å². The molecule has 2 aromatic heterocycles. The topological polar surface area (TPSA) is 91.1 Å². The molecule has 0 saturated carbocycles. The van der Waals surface area contributed by atoms with Crippen LogP contribution in [0.5, 0.6) is 0 Å². The van der Waals surface area contributed by atoms with E-state index in [2.05, 4.69) is 36.6 Å². The summed E-state index contributed by atoms with van der Waals surface area (Å²) in [5.41, 5.74) is 8.48. The molecule has 29 heavy (non-hydrogen) atoms. The first-order valence-electron chi connectivity index (χ1n) is 9.91. The smallest absolute Gasteiger partial charge is 0.286 e. The maximum atomic E-state index is 12.6. The van der Waals surface area contributed by atoms with E-state index < -0.39 is 5.91 Å². The average Bonchev–Trinajstić information content (AvgIpc) is 3.18. The highest BCUT2D eigenvalue weighted by Gasteiger charge is 2.30. The molecule has 3 rings (SSSR count). The summed E-state index contributed by atoms with van der Waals surface area (Å²) < 4.78 is 0. The molecule has 1 unspecified atom stereocenters. The lowest BCUT2D eigenvalue weighted by atomic mass is 9.72. The zero-order valence-corrected chi connectivity index (χ0v) is 18.7. The Labute approximate surface area is 175 Å². The Morgan fingerprint density at radius 1 is 1.14 bits per heavy atom. The second kappa shape index (κ2) is 7.78. The highest BCUT2D eigenvalue weighted by molar-refractivity contribution is 7.14. The van der Waals surface area contributed by atoms with Crippen LogP contribution in [0, 0.1) is 25.2 Å². The molecule has 1 atom stereocenters. The van der Waals surface area contributed by atoms with E-state index in [1.807, 2.05) is 6.07 Å². The van der Waals surface area contributed by atoms with Gasteiger partial charge in [0.2, 0.25) is 0 Å². The van der Waals surface area contributed by atoms with Gasteiger partial charge < -0.3 is 4.98 Å². The molecule has 1 aliphatic rings. The molecule has 0 aromatic carbocycles. The normalized spacial score (nSPS) is 16.3. The molecule has 0 fully saturated rings. The maximum Gasteiger partial charge on any atom is 0.286 e. The summed E-state index contributed by atoms with van der Waals surface area (Å²) in [6, 6.07) is 1.96. The van der Waals surface area contributed by atoms with Gasteiger partial charge in [-0.3, -0.25) is 25.2 Å². The zero-order valence-electron chi connectivity index (χ0n) is 17.9. The molecular formula is C22H29N3O3S. The Morgan fingerprint density at radius 2 is 1.79 bits per heavy atom. The predicted molar refractivity (Wildman–Crippen MR) is 114 cm³/mol. The summed E-state index contributed by atoms with van der Waals surface area (Å²) in [4.78, 5) is 41.6. The number of hydrazine groups is 1. The van der Waals surface area contributed by atoms with E-state index in [0.29, 0.717) is 27.6 Å². The minimum atomic E-state index is -0.472. The molecule has 7 heteroatoms. The van der Waals surface area contributed by atoms with Gasteiger partial charge in [0.1, 0.15) is 5.69 Å². The third kappa shape index (κ3) is 4.29. The Kier molecular flexibility index (Phi) is 5.72. The molecule has 1 aliphatic carbocycles. The fourth-order valence-corrected chi connectivity index (χ4v) is 5.22. The summed E-state index contributed by atoms with van der Waals surface area (Å²) >= 11 is 1.50. The lowest BCUT2D eigenvalue weighted by molar-refractivity contribution is 0.0846. The summed E-state index contributed by atoms with van der Waals surface area (Å²) in [5.74, 6) is -0.287. The number of amides is 2. The third-order valence-corrected chi connectivity index (χ3v) is 7.07. The van der Waals surface area contributed by atoms with E-state index in [9.17, 15) is 14.4 Å². The molecule has 2 aromatic rings. The molecule has 0 spiro atoms. The molecule has 0 saturated heterocycles. The van der Waals surface area contributed by atoms with Gasteiger partial charge >= 0.3 is 0 Å². The van der Waals surface area contributed by atoms with Crippen LogP contribution < -0.4 is 10.9 Å². The van der Waals surface area contributed by atoms with Crippen molar-refractivity contribution in [3.8, 4) is 0 Å². The number of H-pyrrole nitrogens is 1. The molecule has 0 bridgehead atoms. The van der Waals surface area contributed by atoms with Gasteiger partial charge in [-0.1, -0.05) is 20.8 Å². The highest BCUT2D eigenvalue weighted by atomic mass is 32.1. The van der Waals surface area contributed by atoms with Gasteiger partial charge in [-0.25, -0.2) is 0 Å². The fraction of sp³-hybridized carbons (Fsp3) is 0.500. The molecule has 0 radical (unpaired) electrons. The van der Waals surface area contributed by atoms with Crippen molar-refractivity contribution in [3.05, 3.63) is 43.9 Å². The maximum absolute atomic E-state index is 12.6. The van der Waals surface area contributed by atoms with Crippen molar-refractivity contribution in [1.29, 1.82) is 0 Å². The van der Waals surface area contributed by atoms with E-state index in [1.54, 1.807) is 13.8 Å². The standard InChI is InChI=1S/C22H29N3O3S/c1-11-18(13(3)26)12(2)23-19(11)21(28)25-24-20(27)17-10-14-9-15(22(4,5)6)7-8-16(14)29-17/h10,15,23H,7-9H2,1-6H3,(H,24,27)(H,25,28). The number of ketones is 1. The lowest BCUT2D eigenvalue weighted by Gasteiger charge is -2.33. The van der Waals surface area contributed by atoms with E-state index in [-0.39, 0.29) is 22.8 Å². The van der Waals surface area contributed by atoms with Crippen LogP contribution in [0.15, 0.2) is 6.07 Å². The Balaban J connectivity index is 1.67. The largest absolute Gasteiger partial charge is 0.354 e. The number of carbonyl (C=O) groups is 3. The Hall–Kier alpha value is -2.41.